The molecule has 0 spiro atoms. The van der Waals surface area contributed by atoms with Crippen molar-refractivity contribution in [1.29, 1.82) is 0 Å². The number of anilines is 1. The lowest BCUT2D eigenvalue weighted by Crippen LogP contribution is -2.30. The number of carbonyl (C=O) groups is 2. The molecule has 0 bridgehead atoms. The van der Waals surface area contributed by atoms with Gasteiger partial charge in [0, 0.05) is 11.3 Å². The maximum absolute atomic E-state index is 12.5. The monoisotopic (exact) mass is 419 g/mol. The third-order valence-corrected chi connectivity index (χ3v) is 4.45. The van der Waals surface area contributed by atoms with Gasteiger partial charge in [-0.25, -0.2) is 0 Å². The Morgan fingerprint density at radius 1 is 0.968 bits per heavy atom. The summed E-state index contributed by atoms with van der Waals surface area (Å²) < 4.78 is 17.0. The normalized spacial score (nSPS) is 11.3. The van der Waals surface area contributed by atoms with Crippen molar-refractivity contribution in [1.82, 2.24) is 0 Å². The molecule has 6 nitrogen and oxygen atoms in total. The third kappa shape index (κ3) is 6.34. The molecule has 1 atom stereocenters. The zero-order valence-corrected chi connectivity index (χ0v) is 17.5. The van der Waals surface area contributed by atoms with E-state index in [4.69, 9.17) is 14.2 Å². The highest BCUT2D eigenvalue weighted by atomic mass is 16.5. The quantitative estimate of drug-likeness (QED) is 0.474. The van der Waals surface area contributed by atoms with Gasteiger partial charge in [0.1, 0.15) is 18.6 Å². The number of amides is 1. The molecule has 0 radical (unpaired) electrons. The summed E-state index contributed by atoms with van der Waals surface area (Å²) in [5.74, 6) is 1.23. The summed E-state index contributed by atoms with van der Waals surface area (Å²) in [4.78, 5) is 23.5. The van der Waals surface area contributed by atoms with Gasteiger partial charge < -0.3 is 19.5 Å². The van der Waals surface area contributed by atoms with Gasteiger partial charge >= 0.3 is 0 Å². The number of benzene rings is 3. The highest BCUT2D eigenvalue weighted by Gasteiger charge is 2.17. The van der Waals surface area contributed by atoms with Gasteiger partial charge in [0.05, 0.1) is 6.61 Å². The van der Waals surface area contributed by atoms with Gasteiger partial charge in [-0.3, -0.25) is 9.59 Å². The molecule has 160 valence electrons. The molecule has 0 aliphatic heterocycles. The van der Waals surface area contributed by atoms with Crippen LogP contribution in [0.4, 0.5) is 5.69 Å². The molecule has 0 aliphatic rings. The summed E-state index contributed by atoms with van der Waals surface area (Å²) in [6.07, 6.45) is -0.0364. The Kier molecular flexibility index (Phi) is 7.65. The van der Waals surface area contributed by atoms with Gasteiger partial charge in [-0.15, -0.1) is 0 Å². The fourth-order valence-corrected chi connectivity index (χ4v) is 2.83. The first-order valence-electron chi connectivity index (χ1n) is 10.1. The Labute approximate surface area is 181 Å². The van der Waals surface area contributed by atoms with Crippen molar-refractivity contribution >= 4 is 17.9 Å². The fraction of sp³-hybridized carbons (Fsp3) is 0.200. The summed E-state index contributed by atoms with van der Waals surface area (Å²) in [7, 11) is 0. The second-order valence-electron chi connectivity index (χ2n) is 6.81. The van der Waals surface area contributed by atoms with E-state index >= 15 is 0 Å². The molecule has 0 saturated carbocycles. The standard InChI is InChI=1S/C25H25NO5/c1-3-29-24-15-20(16-27)9-14-23(24)31-18(2)25(28)26-21-10-12-22(13-11-21)30-17-19-7-5-4-6-8-19/h4-16,18H,3,17H2,1-2H3,(H,26,28)/t18-/m1/s1. The highest BCUT2D eigenvalue weighted by Crippen LogP contribution is 2.29. The van der Waals surface area contributed by atoms with Crippen LogP contribution in [-0.2, 0) is 11.4 Å². The molecule has 0 heterocycles. The van der Waals surface area contributed by atoms with E-state index in [1.54, 1.807) is 49.4 Å². The topological polar surface area (TPSA) is 73.9 Å². The van der Waals surface area contributed by atoms with E-state index in [1.165, 1.54) is 0 Å². The molecule has 31 heavy (non-hydrogen) atoms. The maximum Gasteiger partial charge on any atom is 0.265 e. The molecule has 0 aromatic heterocycles. The van der Waals surface area contributed by atoms with Gasteiger partial charge in [-0.05, 0) is 61.9 Å². The Balaban J connectivity index is 1.56. The zero-order valence-electron chi connectivity index (χ0n) is 17.5. The van der Waals surface area contributed by atoms with Crippen LogP contribution in [0.5, 0.6) is 17.2 Å². The molecule has 1 amide bonds. The minimum Gasteiger partial charge on any atom is -0.490 e. The number of hydrogen-bond acceptors (Lipinski definition) is 5. The minimum atomic E-state index is -0.768. The van der Waals surface area contributed by atoms with Crippen LogP contribution < -0.4 is 19.5 Å². The van der Waals surface area contributed by atoms with Crippen molar-refractivity contribution in [3.63, 3.8) is 0 Å². The van der Waals surface area contributed by atoms with Gasteiger partial charge in [0.15, 0.2) is 17.6 Å². The molecule has 0 saturated heterocycles. The largest absolute Gasteiger partial charge is 0.490 e. The van der Waals surface area contributed by atoms with Gasteiger partial charge in [-0.2, -0.15) is 0 Å². The van der Waals surface area contributed by atoms with Crippen molar-refractivity contribution in [2.24, 2.45) is 0 Å². The smallest absolute Gasteiger partial charge is 0.265 e. The lowest BCUT2D eigenvalue weighted by molar-refractivity contribution is -0.122. The van der Waals surface area contributed by atoms with Crippen LogP contribution in [0.15, 0.2) is 72.8 Å². The second kappa shape index (κ2) is 10.8. The van der Waals surface area contributed by atoms with Crippen molar-refractivity contribution in [3.05, 3.63) is 83.9 Å². The predicted molar refractivity (Wildman–Crippen MR) is 119 cm³/mol. The second-order valence-corrected chi connectivity index (χ2v) is 6.81. The molecule has 0 aliphatic carbocycles. The first-order valence-corrected chi connectivity index (χ1v) is 10.1. The number of rotatable bonds is 10. The number of ether oxygens (including phenoxy) is 3. The van der Waals surface area contributed by atoms with Crippen LogP contribution in [0, 0.1) is 0 Å². The molecule has 6 heteroatoms. The Morgan fingerprint density at radius 3 is 2.39 bits per heavy atom. The molecule has 3 aromatic carbocycles. The average molecular weight is 419 g/mol. The molecular weight excluding hydrogens is 394 g/mol. The van der Waals surface area contributed by atoms with Gasteiger partial charge in [0.25, 0.3) is 5.91 Å². The van der Waals surface area contributed by atoms with Gasteiger partial charge in [0.2, 0.25) is 0 Å². The summed E-state index contributed by atoms with van der Waals surface area (Å²) in [6.45, 7) is 4.37. The molecule has 1 N–H and O–H groups in total. The Morgan fingerprint density at radius 2 is 1.71 bits per heavy atom. The maximum atomic E-state index is 12.5. The summed E-state index contributed by atoms with van der Waals surface area (Å²) in [5, 5.41) is 2.82. The summed E-state index contributed by atoms with van der Waals surface area (Å²) >= 11 is 0. The summed E-state index contributed by atoms with van der Waals surface area (Å²) in [5.41, 5.74) is 2.19. The molecule has 0 fully saturated rings. The first-order chi connectivity index (χ1) is 15.1. The lowest BCUT2D eigenvalue weighted by atomic mass is 10.2. The number of carbonyl (C=O) groups excluding carboxylic acids is 2. The van der Waals surface area contributed by atoms with Crippen LogP contribution in [0.1, 0.15) is 29.8 Å². The minimum absolute atomic E-state index is 0.306. The van der Waals surface area contributed by atoms with E-state index in [0.717, 1.165) is 11.8 Å². The van der Waals surface area contributed by atoms with E-state index in [1.807, 2.05) is 37.3 Å². The van der Waals surface area contributed by atoms with Crippen molar-refractivity contribution in [2.75, 3.05) is 11.9 Å². The summed E-state index contributed by atoms with van der Waals surface area (Å²) in [6, 6.07) is 21.9. The van der Waals surface area contributed by atoms with E-state index < -0.39 is 6.10 Å². The van der Waals surface area contributed by atoms with Crippen LogP contribution in [0.3, 0.4) is 0 Å². The first kappa shape index (κ1) is 21.9. The van der Waals surface area contributed by atoms with Crippen LogP contribution >= 0.6 is 0 Å². The molecule has 3 aromatic rings. The van der Waals surface area contributed by atoms with Crippen LogP contribution in [0.25, 0.3) is 0 Å². The number of hydrogen-bond donors (Lipinski definition) is 1. The molecular formula is C25H25NO5. The predicted octanol–water partition coefficient (Wildman–Crippen LogP) is 4.88. The van der Waals surface area contributed by atoms with E-state index in [2.05, 4.69) is 5.32 Å². The van der Waals surface area contributed by atoms with Crippen molar-refractivity contribution in [3.8, 4) is 17.2 Å². The van der Waals surface area contributed by atoms with Gasteiger partial charge in [-0.1, -0.05) is 30.3 Å². The highest BCUT2D eigenvalue weighted by molar-refractivity contribution is 5.94. The van der Waals surface area contributed by atoms with E-state index in [0.29, 0.717) is 41.7 Å². The Hall–Kier alpha value is -3.80. The van der Waals surface area contributed by atoms with Crippen molar-refractivity contribution in [2.45, 2.75) is 26.6 Å². The van der Waals surface area contributed by atoms with E-state index in [-0.39, 0.29) is 5.91 Å². The Bertz CT molecular complexity index is 1000. The average Bonchev–Trinajstić information content (AvgIpc) is 2.80. The number of nitrogens with one attached hydrogen (secondary N) is 1. The van der Waals surface area contributed by atoms with Crippen LogP contribution in [-0.4, -0.2) is 24.9 Å². The van der Waals surface area contributed by atoms with E-state index in [9.17, 15) is 9.59 Å². The molecule has 0 unspecified atom stereocenters. The molecule has 3 rings (SSSR count). The third-order valence-electron chi connectivity index (χ3n) is 4.45. The zero-order chi connectivity index (χ0) is 22.1. The SMILES string of the molecule is CCOc1cc(C=O)ccc1O[C@H](C)C(=O)Nc1ccc(OCc2ccccc2)cc1. The van der Waals surface area contributed by atoms with Crippen LogP contribution in [0.2, 0.25) is 0 Å². The lowest BCUT2D eigenvalue weighted by Gasteiger charge is -2.17. The number of aldehydes is 1. The fourth-order valence-electron chi connectivity index (χ4n) is 2.83. The van der Waals surface area contributed by atoms with Crippen molar-refractivity contribution < 1.29 is 23.8 Å².